The summed E-state index contributed by atoms with van der Waals surface area (Å²) < 4.78 is 5.70. The lowest BCUT2D eigenvalue weighted by molar-refractivity contribution is 0.254. The van der Waals surface area contributed by atoms with Crippen LogP contribution in [0, 0.1) is 5.92 Å². The molecule has 0 saturated carbocycles. The Hall–Kier alpha value is -0.690. The van der Waals surface area contributed by atoms with Crippen molar-refractivity contribution >= 4 is 11.6 Å². The average molecular weight is 253 g/mol. The van der Waals surface area contributed by atoms with Gasteiger partial charge >= 0.3 is 0 Å². The predicted molar refractivity (Wildman–Crippen MR) is 72.9 cm³/mol. The third-order valence-corrected chi connectivity index (χ3v) is 4.02. The first-order valence-corrected chi connectivity index (χ1v) is 6.97. The maximum Gasteiger partial charge on any atom is 0.123 e. The van der Waals surface area contributed by atoms with Gasteiger partial charge in [-0.05, 0) is 36.5 Å². The summed E-state index contributed by atoms with van der Waals surface area (Å²) >= 11 is 6.48. The largest absolute Gasteiger partial charge is 0.490 e. The highest BCUT2D eigenvalue weighted by molar-refractivity contribution is 6.20. The van der Waals surface area contributed by atoms with Gasteiger partial charge in [0, 0.05) is 6.42 Å². The number of fused-ring (bicyclic) bond motifs is 1. The van der Waals surface area contributed by atoms with E-state index in [9.17, 15) is 0 Å². The summed E-state index contributed by atoms with van der Waals surface area (Å²) in [5, 5.41) is 0.131. The molecule has 0 aromatic heterocycles. The molecule has 1 nitrogen and oxygen atoms in total. The van der Waals surface area contributed by atoms with Gasteiger partial charge in [0.2, 0.25) is 0 Å². The Morgan fingerprint density at radius 2 is 2.24 bits per heavy atom. The maximum atomic E-state index is 6.48. The summed E-state index contributed by atoms with van der Waals surface area (Å²) in [7, 11) is 0. The standard InChI is InChI=1S/C15H21ClO/c1-4-10(2)7-14(16)12-5-6-15-13(9-12)8-11(3)17-15/h5-6,9-11,14H,4,7-8H2,1-3H3. The molecule has 1 aromatic rings. The first kappa shape index (κ1) is 12.8. The molecule has 0 N–H and O–H groups in total. The van der Waals surface area contributed by atoms with Gasteiger partial charge in [-0.25, -0.2) is 0 Å². The third kappa shape index (κ3) is 2.95. The Morgan fingerprint density at radius 1 is 1.47 bits per heavy atom. The first-order valence-electron chi connectivity index (χ1n) is 6.53. The van der Waals surface area contributed by atoms with Crippen molar-refractivity contribution in [3.63, 3.8) is 0 Å². The van der Waals surface area contributed by atoms with Gasteiger partial charge in [-0.1, -0.05) is 32.4 Å². The third-order valence-electron chi connectivity index (χ3n) is 3.59. The van der Waals surface area contributed by atoms with Gasteiger partial charge in [-0.15, -0.1) is 11.6 Å². The summed E-state index contributed by atoms with van der Waals surface area (Å²) in [6.45, 7) is 6.58. The van der Waals surface area contributed by atoms with Gasteiger partial charge in [0.25, 0.3) is 0 Å². The molecule has 0 amide bonds. The lowest BCUT2D eigenvalue weighted by Gasteiger charge is -2.15. The van der Waals surface area contributed by atoms with Gasteiger partial charge in [0.15, 0.2) is 0 Å². The summed E-state index contributed by atoms with van der Waals surface area (Å²) in [6, 6.07) is 6.40. The van der Waals surface area contributed by atoms with Gasteiger partial charge < -0.3 is 4.74 Å². The molecule has 3 unspecified atom stereocenters. The molecule has 1 aliphatic heterocycles. The highest BCUT2D eigenvalue weighted by atomic mass is 35.5. The number of benzene rings is 1. The molecule has 2 rings (SSSR count). The maximum absolute atomic E-state index is 6.48. The van der Waals surface area contributed by atoms with E-state index in [2.05, 4.69) is 39.0 Å². The summed E-state index contributed by atoms with van der Waals surface area (Å²) in [6.07, 6.45) is 3.56. The van der Waals surface area contributed by atoms with Crippen LogP contribution >= 0.6 is 11.6 Å². The Kier molecular flexibility index (Phi) is 3.98. The zero-order valence-corrected chi connectivity index (χ0v) is 11.6. The molecule has 1 heterocycles. The fraction of sp³-hybridized carbons (Fsp3) is 0.600. The normalized spacial score (nSPS) is 21.8. The Labute approximate surface area is 109 Å². The highest BCUT2D eigenvalue weighted by Crippen LogP contribution is 2.35. The van der Waals surface area contributed by atoms with Gasteiger partial charge in [-0.2, -0.15) is 0 Å². The SMILES string of the molecule is CCC(C)CC(Cl)c1ccc2c(c1)CC(C)O2. The van der Waals surface area contributed by atoms with Crippen LogP contribution in [-0.4, -0.2) is 6.10 Å². The van der Waals surface area contributed by atoms with Crippen molar-refractivity contribution in [2.24, 2.45) is 5.92 Å². The first-order chi connectivity index (χ1) is 8.10. The van der Waals surface area contributed by atoms with Crippen molar-refractivity contribution < 1.29 is 4.74 Å². The molecule has 3 atom stereocenters. The topological polar surface area (TPSA) is 9.23 Å². The fourth-order valence-electron chi connectivity index (χ4n) is 2.29. The van der Waals surface area contributed by atoms with Crippen molar-refractivity contribution in [1.29, 1.82) is 0 Å². The lowest BCUT2D eigenvalue weighted by atomic mass is 9.97. The van der Waals surface area contributed by atoms with Crippen molar-refractivity contribution in [3.8, 4) is 5.75 Å². The minimum Gasteiger partial charge on any atom is -0.490 e. The minimum absolute atomic E-state index is 0.131. The van der Waals surface area contributed by atoms with Crippen molar-refractivity contribution in [3.05, 3.63) is 29.3 Å². The number of halogens is 1. The van der Waals surface area contributed by atoms with Gasteiger partial charge in [-0.3, -0.25) is 0 Å². The van der Waals surface area contributed by atoms with E-state index in [0.29, 0.717) is 12.0 Å². The zero-order chi connectivity index (χ0) is 12.4. The number of hydrogen-bond donors (Lipinski definition) is 0. The molecular weight excluding hydrogens is 232 g/mol. The molecule has 0 aliphatic carbocycles. The molecular formula is C15H21ClO. The Bertz CT molecular complexity index is 389. The van der Waals surface area contributed by atoms with Gasteiger partial charge in [0.1, 0.15) is 11.9 Å². The molecule has 0 radical (unpaired) electrons. The summed E-state index contributed by atoms with van der Waals surface area (Å²) in [4.78, 5) is 0. The van der Waals surface area contributed by atoms with E-state index in [0.717, 1.165) is 18.6 Å². The van der Waals surface area contributed by atoms with Crippen LogP contribution in [0.25, 0.3) is 0 Å². The lowest BCUT2D eigenvalue weighted by Crippen LogP contribution is -2.05. The minimum atomic E-state index is 0.131. The molecule has 0 bridgehead atoms. The molecule has 94 valence electrons. The quantitative estimate of drug-likeness (QED) is 0.704. The smallest absolute Gasteiger partial charge is 0.123 e. The van der Waals surface area contributed by atoms with Crippen LogP contribution in [0.3, 0.4) is 0 Å². The zero-order valence-electron chi connectivity index (χ0n) is 10.9. The Morgan fingerprint density at radius 3 is 2.94 bits per heavy atom. The van der Waals surface area contributed by atoms with Crippen molar-refractivity contribution in [1.82, 2.24) is 0 Å². The average Bonchev–Trinajstić information content (AvgIpc) is 2.67. The Balaban J connectivity index is 2.10. The van der Waals surface area contributed by atoms with Crippen molar-refractivity contribution in [2.75, 3.05) is 0 Å². The molecule has 0 spiro atoms. The number of alkyl halides is 1. The van der Waals surface area contributed by atoms with E-state index < -0.39 is 0 Å². The van der Waals surface area contributed by atoms with E-state index in [1.54, 1.807) is 0 Å². The van der Waals surface area contributed by atoms with Crippen molar-refractivity contribution in [2.45, 2.75) is 51.5 Å². The van der Waals surface area contributed by atoms with E-state index in [1.807, 2.05) is 0 Å². The molecule has 2 heteroatoms. The molecule has 1 aliphatic rings. The second-order valence-corrected chi connectivity index (χ2v) is 5.74. The number of hydrogen-bond acceptors (Lipinski definition) is 1. The van der Waals surface area contributed by atoms with Crippen LogP contribution in [0.5, 0.6) is 5.75 Å². The number of rotatable bonds is 4. The van der Waals surface area contributed by atoms with Crippen LogP contribution in [0.1, 0.15) is 50.1 Å². The number of ether oxygens (including phenoxy) is 1. The van der Waals surface area contributed by atoms with Gasteiger partial charge in [0.05, 0.1) is 5.38 Å². The second kappa shape index (κ2) is 5.30. The predicted octanol–water partition coefficient (Wildman–Crippen LogP) is 4.73. The monoisotopic (exact) mass is 252 g/mol. The highest BCUT2D eigenvalue weighted by Gasteiger charge is 2.20. The van der Waals surface area contributed by atoms with Crippen LogP contribution in [0.15, 0.2) is 18.2 Å². The molecule has 17 heavy (non-hydrogen) atoms. The van der Waals surface area contributed by atoms with Crippen LogP contribution in [0.2, 0.25) is 0 Å². The van der Waals surface area contributed by atoms with E-state index in [4.69, 9.17) is 16.3 Å². The van der Waals surface area contributed by atoms with Crippen LogP contribution in [0.4, 0.5) is 0 Å². The molecule has 1 aromatic carbocycles. The van der Waals surface area contributed by atoms with E-state index in [1.165, 1.54) is 17.5 Å². The summed E-state index contributed by atoms with van der Waals surface area (Å²) in [5.74, 6) is 1.72. The molecule has 0 saturated heterocycles. The second-order valence-electron chi connectivity index (χ2n) is 5.22. The summed E-state index contributed by atoms with van der Waals surface area (Å²) in [5.41, 5.74) is 2.55. The van der Waals surface area contributed by atoms with Crippen LogP contribution < -0.4 is 4.74 Å². The van der Waals surface area contributed by atoms with Crippen LogP contribution in [-0.2, 0) is 6.42 Å². The van der Waals surface area contributed by atoms with E-state index in [-0.39, 0.29) is 5.38 Å². The fourth-order valence-corrected chi connectivity index (χ4v) is 2.73. The molecule has 0 fully saturated rings. The van der Waals surface area contributed by atoms with E-state index >= 15 is 0 Å².